The van der Waals surface area contributed by atoms with E-state index < -0.39 is 15.8 Å². The van der Waals surface area contributed by atoms with E-state index in [1.54, 1.807) is 29.2 Å². The van der Waals surface area contributed by atoms with E-state index in [0.29, 0.717) is 13.1 Å². The highest BCUT2D eigenvalue weighted by Crippen LogP contribution is 2.24. The molecule has 1 unspecified atom stereocenters. The van der Waals surface area contributed by atoms with Crippen LogP contribution in [0.25, 0.3) is 0 Å². The Morgan fingerprint density at radius 3 is 2.35 bits per heavy atom. The molecule has 0 aromatic heterocycles. The molecule has 4 rings (SSSR count). The maximum atomic E-state index is 13.1. The Morgan fingerprint density at radius 2 is 1.61 bits per heavy atom. The summed E-state index contributed by atoms with van der Waals surface area (Å²) in [7, 11) is -3.96. The number of nitrogens with zero attached hydrogens (tertiary/aromatic N) is 1. The number of benzene rings is 3. The van der Waals surface area contributed by atoms with E-state index in [9.17, 15) is 17.6 Å². The van der Waals surface area contributed by atoms with Crippen molar-refractivity contribution in [2.24, 2.45) is 0 Å². The molecule has 1 amide bonds. The van der Waals surface area contributed by atoms with Crippen LogP contribution in [0.1, 0.15) is 16.8 Å². The number of hydrogen-bond donors (Lipinski definition) is 2. The van der Waals surface area contributed by atoms with Gasteiger partial charge in [0, 0.05) is 24.8 Å². The summed E-state index contributed by atoms with van der Waals surface area (Å²) in [6.07, 6.45) is 0.796. The SMILES string of the molecule is O=C(c1ccccc1NS(=O)(=O)c1ccc(F)cc1)N1CCC(Nc2ccccc2)C1. The van der Waals surface area contributed by atoms with Gasteiger partial charge < -0.3 is 10.2 Å². The van der Waals surface area contributed by atoms with E-state index in [0.717, 1.165) is 24.2 Å². The summed E-state index contributed by atoms with van der Waals surface area (Å²) in [5.41, 5.74) is 1.46. The molecular formula is C23H22FN3O3S. The molecule has 1 saturated heterocycles. The summed E-state index contributed by atoms with van der Waals surface area (Å²) in [4.78, 5) is 14.8. The minimum Gasteiger partial charge on any atom is -0.380 e. The molecule has 31 heavy (non-hydrogen) atoms. The van der Waals surface area contributed by atoms with Crippen LogP contribution in [0.3, 0.4) is 0 Å². The number of para-hydroxylation sites is 2. The van der Waals surface area contributed by atoms with E-state index in [1.807, 2.05) is 30.3 Å². The van der Waals surface area contributed by atoms with E-state index in [4.69, 9.17) is 0 Å². The summed E-state index contributed by atoms with van der Waals surface area (Å²) < 4.78 is 41.0. The fourth-order valence-electron chi connectivity index (χ4n) is 3.58. The first-order valence-corrected chi connectivity index (χ1v) is 11.4. The zero-order valence-corrected chi connectivity index (χ0v) is 17.5. The highest BCUT2D eigenvalue weighted by molar-refractivity contribution is 7.92. The van der Waals surface area contributed by atoms with Crippen molar-refractivity contribution in [2.45, 2.75) is 17.4 Å². The summed E-state index contributed by atoms with van der Waals surface area (Å²) in [6.45, 7) is 1.09. The Bertz CT molecular complexity index is 1170. The third kappa shape index (κ3) is 4.86. The average molecular weight is 440 g/mol. The van der Waals surface area contributed by atoms with E-state index >= 15 is 0 Å². The van der Waals surface area contributed by atoms with Gasteiger partial charge in [0.1, 0.15) is 5.82 Å². The van der Waals surface area contributed by atoms with Crippen LogP contribution in [-0.2, 0) is 10.0 Å². The van der Waals surface area contributed by atoms with Gasteiger partial charge in [-0.05, 0) is 55.0 Å². The van der Waals surface area contributed by atoms with E-state index in [2.05, 4.69) is 10.0 Å². The first kappa shape index (κ1) is 20.9. The molecule has 1 heterocycles. The fourth-order valence-corrected chi connectivity index (χ4v) is 4.66. The number of rotatable bonds is 6. The lowest BCUT2D eigenvalue weighted by atomic mass is 10.1. The van der Waals surface area contributed by atoms with Crippen LogP contribution in [0.5, 0.6) is 0 Å². The smallest absolute Gasteiger partial charge is 0.261 e. The van der Waals surface area contributed by atoms with Crippen LogP contribution in [0, 0.1) is 5.82 Å². The van der Waals surface area contributed by atoms with Crippen molar-refractivity contribution in [3.8, 4) is 0 Å². The van der Waals surface area contributed by atoms with Gasteiger partial charge in [-0.3, -0.25) is 9.52 Å². The number of sulfonamides is 1. The van der Waals surface area contributed by atoms with Crippen LogP contribution in [0.2, 0.25) is 0 Å². The van der Waals surface area contributed by atoms with Crippen molar-refractivity contribution in [3.63, 3.8) is 0 Å². The third-order valence-electron chi connectivity index (χ3n) is 5.15. The monoisotopic (exact) mass is 439 g/mol. The van der Waals surface area contributed by atoms with Gasteiger partial charge in [-0.2, -0.15) is 0 Å². The summed E-state index contributed by atoms with van der Waals surface area (Å²) in [6, 6.07) is 20.9. The zero-order chi connectivity index (χ0) is 21.8. The standard InChI is InChI=1S/C23H22FN3O3S/c24-17-10-12-20(13-11-17)31(29,30)26-22-9-5-4-8-21(22)23(28)27-15-14-19(16-27)25-18-6-2-1-3-7-18/h1-13,19,25-26H,14-16H2. The molecule has 1 aliphatic heterocycles. The number of halogens is 1. The summed E-state index contributed by atoms with van der Waals surface area (Å²) in [5, 5.41) is 3.42. The predicted molar refractivity (Wildman–Crippen MR) is 118 cm³/mol. The topological polar surface area (TPSA) is 78.5 Å². The molecule has 3 aromatic carbocycles. The van der Waals surface area contributed by atoms with E-state index in [-0.39, 0.29) is 28.1 Å². The molecule has 6 nitrogen and oxygen atoms in total. The molecule has 1 fully saturated rings. The molecule has 160 valence electrons. The Hall–Kier alpha value is -3.39. The minimum atomic E-state index is -3.96. The Balaban J connectivity index is 1.49. The maximum absolute atomic E-state index is 13.1. The van der Waals surface area contributed by atoms with Gasteiger partial charge >= 0.3 is 0 Å². The molecular weight excluding hydrogens is 417 g/mol. The number of anilines is 2. The van der Waals surface area contributed by atoms with Crippen LogP contribution >= 0.6 is 0 Å². The number of nitrogens with one attached hydrogen (secondary N) is 2. The Labute approximate surface area is 180 Å². The summed E-state index contributed by atoms with van der Waals surface area (Å²) >= 11 is 0. The largest absolute Gasteiger partial charge is 0.380 e. The molecule has 0 aliphatic carbocycles. The van der Waals surface area contributed by atoms with Crippen LogP contribution < -0.4 is 10.0 Å². The first-order valence-electron chi connectivity index (χ1n) is 9.91. The van der Waals surface area contributed by atoms with Crippen molar-refractivity contribution >= 4 is 27.3 Å². The second-order valence-electron chi connectivity index (χ2n) is 7.35. The highest BCUT2D eigenvalue weighted by Gasteiger charge is 2.29. The Kier molecular flexibility index (Phi) is 5.90. The number of hydrogen-bond acceptors (Lipinski definition) is 4. The van der Waals surface area contributed by atoms with Gasteiger partial charge in [0.15, 0.2) is 0 Å². The fraction of sp³-hybridized carbons (Fsp3) is 0.174. The van der Waals surface area contributed by atoms with Gasteiger partial charge in [0.2, 0.25) is 0 Å². The van der Waals surface area contributed by atoms with Crippen molar-refractivity contribution in [2.75, 3.05) is 23.1 Å². The second-order valence-corrected chi connectivity index (χ2v) is 9.03. The molecule has 0 saturated carbocycles. The molecule has 0 bridgehead atoms. The molecule has 0 spiro atoms. The second kappa shape index (κ2) is 8.77. The zero-order valence-electron chi connectivity index (χ0n) is 16.7. The third-order valence-corrected chi connectivity index (χ3v) is 6.53. The molecule has 3 aromatic rings. The average Bonchev–Trinajstić information content (AvgIpc) is 3.23. The van der Waals surface area contributed by atoms with E-state index in [1.165, 1.54) is 12.1 Å². The van der Waals surface area contributed by atoms with Gasteiger partial charge in [0.25, 0.3) is 15.9 Å². The van der Waals surface area contributed by atoms with Crippen LogP contribution in [0.15, 0.2) is 83.8 Å². The van der Waals surface area contributed by atoms with Gasteiger partial charge in [-0.1, -0.05) is 30.3 Å². The van der Waals surface area contributed by atoms with Crippen LogP contribution in [0.4, 0.5) is 15.8 Å². The Morgan fingerprint density at radius 1 is 0.935 bits per heavy atom. The number of carbonyl (C=O) groups excluding carboxylic acids is 1. The molecule has 1 aliphatic rings. The maximum Gasteiger partial charge on any atom is 0.261 e. The van der Waals surface area contributed by atoms with Crippen molar-refractivity contribution in [1.82, 2.24) is 4.90 Å². The molecule has 2 N–H and O–H groups in total. The van der Waals surface area contributed by atoms with Crippen molar-refractivity contribution in [1.29, 1.82) is 0 Å². The minimum absolute atomic E-state index is 0.0792. The number of carbonyl (C=O) groups is 1. The van der Waals surface area contributed by atoms with Crippen molar-refractivity contribution < 1.29 is 17.6 Å². The quantitative estimate of drug-likeness (QED) is 0.610. The number of likely N-dealkylation sites (tertiary alicyclic amines) is 1. The van der Waals surface area contributed by atoms with Crippen LogP contribution in [-0.4, -0.2) is 38.4 Å². The van der Waals surface area contributed by atoms with Gasteiger partial charge in [0.05, 0.1) is 16.1 Å². The predicted octanol–water partition coefficient (Wildman–Crippen LogP) is 3.95. The molecule has 8 heteroatoms. The van der Waals surface area contributed by atoms with Crippen molar-refractivity contribution in [3.05, 3.63) is 90.2 Å². The molecule has 1 atom stereocenters. The lowest BCUT2D eigenvalue weighted by Gasteiger charge is -2.20. The lowest BCUT2D eigenvalue weighted by molar-refractivity contribution is 0.0792. The number of amides is 1. The summed E-state index contributed by atoms with van der Waals surface area (Å²) in [5.74, 6) is -0.767. The highest BCUT2D eigenvalue weighted by atomic mass is 32.2. The molecule has 0 radical (unpaired) electrons. The first-order chi connectivity index (χ1) is 14.9. The normalized spacial score (nSPS) is 16.2. The van der Waals surface area contributed by atoms with Gasteiger partial charge in [-0.15, -0.1) is 0 Å². The lowest BCUT2D eigenvalue weighted by Crippen LogP contribution is -2.32. The van der Waals surface area contributed by atoms with Gasteiger partial charge in [-0.25, -0.2) is 12.8 Å².